The number of ketones is 3. The molecule has 0 spiro atoms. The number of aliphatic hydroxyl groups excluding tert-OH is 1. The van der Waals surface area contributed by atoms with Crippen LogP contribution in [0.25, 0.3) is 0 Å². The molecule has 3 heterocycles. The van der Waals surface area contributed by atoms with Crippen molar-refractivity contribution in [2.75, 3.05) is 27.9 Å². The van der Waals surface area contributed by atoms with Gasteiger partial charge < -0.3 is 43.3 Å². The van der Waals surface area contributed by atoms with Gasteiger partial charge in [0.2, 0.25) is 5.79 Å². The number of methoxy groups -OCH3 is 3. The second-order valence-corrected chi connectivity index (χ2v) is 21.8. The van der Waals surface area contributed by atoms with Gasteiger partial charge in [-0.2, -0.15) is 0 Å². The van der Waals surface area contributed by atoms with E-state index in [9.17, 15) is 38.8 Å². The number of allylic oxidation sites excluding steroid dienone is 6. The maximum atomic E-state index is 14.5. The van der Waals surface area contributed by atoms with Gasteiger partial charge in [0.1, 0.15) is 30.1 Å². The van der Waals surface area contributed by atoms with Crippen LogP contribution in [0, 0.1) is 35.5 Å². The number of fused-ring (bicyclic) bond motifs is 3. The van der Waals surface area contributed by atoms with Gasteiger partial charge in [-0.25, -0.2) is 15.8 Å². The Labute approximate surface area is 409 Å². The van der Waals surface area contributed by atoms with E-state index in [2.05, 4.69) is 0 Å². The van der Waals surface area contributed by atoms with Crippen molar-refractivity contribution in [2.45, 2.75) is 180 Å². The first-order chi connectivity index (χ1) is 32.4. The van der Waals surface area contributed by atoms with E-state index in [1.807, 2.05) is 51.2 Å². The average Bonchev–Trinajstić information content (AvgIpc) is 3.30. The minimum absolute atomic E-state index is 0.00261. The summed E-state index contributed by atoms with van der Waals surface area (Å²) < 4.78 is 47.1. The molecule has 1 aliphatic carbocycles. The Morgan fingerprint density at radius 2 is 1.58 bits per heavy atom. The van der Waals surface area contributed by atoms with Gasteiger partial charge in [-0.1, -0.05) is 71.1 Å². The van der Waals surface area contributed by atoms with Crippen LogP contribution < -0.4 is 11.0 Å². The zero-order valence-electron chi connectivity index (χ0n) is 42.6. The van der Waals surface area contributed by atoms with Crippen LogP contribution in [0.1, 0.15) is 126 Å². The molecule has 2 saturated heterocycles. The number of amides is 1. The summed E-state index contributed by atoms with van der Waals surface area (Å²) in [5.74, 6) is -8.41. The van der Waals surface area contributed by atoms with Crippen LogP contribution >= 0.6 is 7.67 Å². The van der Waals surface area contributed by atoms with Gasteiger partial charge >= 0.3 is 13.6 Å². The highest BCUT2D eigenvalue weighted by Gasteiger charge is 2.53. The summed E-state index contributed by atoms with van der Waals surface area (Å²) in [6, 6.07) is -1.18. The third-order valence-electron chi connectivity index (χ3n) is 14.8. The molecule has 0 aromatic rings. The molecule has 390 valence electrons. The van der Waals surface area contributed by atoms with Crippen LogP contribution in [0.15, 0.2) is 47.6 Å². The van der Waals surface area contributed by atoms with Crippen LogP contribution in [-0.2, 0) is 56.7 Å². The van der Waals surface area contributed by atoms with Crippen molar-refractivity contribution in [3.05, 3.63) is 47.6 Å². The standard InChI is InChI=1S/C51H82N3O14P/c1-30-16-12-11-13-17-31(2)42(63-8)28-38-21-19-36(7)51(61,67-38)48(58)49(59)54-23-15-14-18-39(54)50(60)66-43(33(4)26-37-20-22-41(44(27-37)64-9)68-69(52,53)62)29-40(55)32(3)25-35(6)46(57)47(65-10)45(56)34(5)24-30/h11-13,16-17,25,30,32-34,36-39,41-44,46-47,57,61H,14-15,18-24,26-29H2,1-10H3,(H4,52,53,62)/b13-11?,16-12+,31-17?,35-25+/t30-,32-,33-,34-,36-,37?,38+,39?,41-,42+,43?,44-,46-,47+,51-/m1/s1. The molecular weight excluding hydrogens is 910 g/mol. The van der Waals surface area contributed by atoms with Crippen LogP contribution in [0.2, 0.25) is 0 Å². The predicted molar refractivity (Wildman–Crippen MR) is 260 cm³/mol. The van der Waals surface area contributed by atoms with E-state index in [1.54, 1.807) is 40.9 Å². The lowest BCUT2D eigenvalue weighted by atomic mass is 9.78. The number of esters is 1. The number of piperidine rings is 1. The number of carbonyl (C=O) groups is 5. The molecule has 3 aliphatic heterocycles. The molecule has 3 fully saturated rings. The highest BCUT2D eigenvalue weighted by atomic mass is 31.2. The lowest BCUT2D eigenvalue weighted by Crippen LogP contribution is -2.61. The second-order valence-electron chi connectivity index (χ2n) is 20.3. The minimum Gasteiger partial charge on any atom is -0.460 e. The quantitative estimate of drug-likeness (QED) is 0.0910. The lowest BCUT2D eigenvalue weighted by Gasteiger charge is -2.42. The van der Waals surface area contributed by atoms with Crippen LogP contribution in [-0.4, -0.2) is 127 Å². The summed E-state index contributed by atoms with van der Waals surface area (Å²) >= 11 is 0. The molecule has 1 amide bonds. The molecule has 4 aliphatic rings. The van der Waals surface area contributed by atoms with Crippen molar-refractivity contribution in [1.82, 2.24) is 4.90 Å². The maximum Gasteiger partial charge on any atom is 0.335 e. The van der Waals surface area contributed by atoms with E-state index >= 15 is 0 Å². The van der Waals surface area contributed by atoms with Gasteiger partial charge in [-0.3, -0.25) is 23.7 Å². The van der Waals surface area contributed by atoms with E-state index in [0.29, 0.717) is 69.8 Å². The minimum atomic E-state index is -3.79. The zero-order chi connectivity index (χ0) is 51.4. The van der Waals surface area contributed by atoms with Crippen molar-refractivity contribution in [3.63, 3.8) is 0 Å². The Balaban J connectivity index is 1.70. The molecule has 0 radical (unpaired) electrons. The van der Waals surface area contributed by atoms with Crippen LogP contribution in [0.5, 0.6) is 0 Å². The van der Waals surface area contributed by atoms with E-state index in [1.165, 1.54) is 19.1 Å². The fourth-order valence-electron chi connectivity index (χ4n) is 10.4. The predicted octanol–water partition coefficient (Wildman–Crippen LogP) is 6.23. The summed E-state index contributed by atoms with van der Waals surface area (Å²) in [6.45, 7) is 12.6. The van der Waals surface area contributed by atoms with Gasteiger partial charge in [-0.15, -0.1) is 0 Å². The number of hydrogen-bond donors (Lipinski definition) is 4. The van der Waals surface area contributed by atoms with Crippen molar-refractivity contribution >= 4 is 36.9 Å². The van der Waals surface area contributed by atoms with Gasteiger partial charge in [0.15, 0.2) is 5.78 Å². The van der Waals surface area contributed by atoms with Crippen LogP contribution in [0.4, 0.5) is 0 Å². The molecule has 0 aromatic heterocycles. The highest BCUT2D eigenvalue weighted by Crippen LogP contribution is 2.41. The van der Waals surface area contributed by atoms with E-state index in [4.69, 9.17) is 39.2 Å². The molecule has 4 rings (SSSR count). The fourth-order valence-corrected chi connectivity index (χ4v) is 11.1. The normalized spacial score (nSPS) is 37.8. The number of aliphatic hydroxyl groups is 2. The van der Waals surface area contributed by atoms with E-state index < -0.39 is 104 Å². The molecule has 69 heavy (non-hydrogen) atoms. The summed E-state index contributed by atoms with van der Waals surface area (Å²) in [6.07, 6.45) is 10.2. The van der Waals surface area contributed by atoms with E-state index in [-0.39, 0.29) is 42.8 Å². The smallest absolute Gasteiger partial charge is 0.335 e. The first-order valence-electron chi connectivity index (χ1n) is 24.8. The van der Waals surface area contributed by atoms with Crippen molar-refractivity contribution in [3.8, 4) is 0 Å². The Morgan fingerprint density at radius 1 is 0.870 bits per heavy atom. The average molecular weight is 992 g/mol. The highest BCUT2D eigenvalue weighted by molar-refractivity contribution is 7.53. The zero-order valence-corrected chi connectivity index (χ0v) is 43.5. The third kappa shape index (κ3) is 16.1. The number of hydrogen-bond acceptors (Lipinski definition) is 14. The summed E-state index contributed by atoms with van der Waals surface area (Å²) in [5.41, 5.74) is 12.3. The van der Waals surface area contributed by atoms with Crippen molar-refractivity contribution in [1.29, 1.82) is 0 Å². The molecule has 18 heteroatoms. The number of rotatable bonds is 8. The molecule has 2 bridgehead atoms. The van der Waals surface area contributed by atoms with Gasteiger partial charge in [-0.05, 0) is 107 Å². The van der Waals surface area contributed by atoms with Crippen molar-refractivity contribution < 1.29 is 67.0 Å². The summed E-state index contributed by atoms with van der Waals surface area (Å²) in [5, 5.41) is 23.4. The second kappa shape index (κ2) is 26.5. The largest absolute Gasteiger partial charge is 0.460 e. The molecule has 1 saturated carbocycles. The molecule has 6 N–H and O–H groups in total. The van der Waals surface area contributed by atoms with Gasteiger partial charge in [0, 0.05) is 58.5 Å². The summed E-state index contributed by atoms with van der Waals surface area (Å²) in [7, 11) is 0.659. The lowest BCUT2D eigenvalue weighted by molar-refractivity contribution is -0.265. The Kier molecular flexibility index (Phi) is 22.4. The van der Waals surface area contributed by atoms with Crippen LogP contribution in [0.3, 0.4) is 0 Å². The number of ether oxygens (including phenoxy) is 5. The number of cyclic esters (lactones) is 1. The number of carbonyl (C=O) groups excluding carboxylic acids is 5. The molecule has 0 aromatic carbocycles. The first kappa shape index (κ1) is 58.4. The summed E-state index contributed by atoms with van der Waals surface area (Å²) in [4.78, 5) is 72.1. The first-order valence-corrected chi connectivity index (χ1v) is 26.5. The Hall–Kier alpha value is -3.22. The van der Waals surface area contributed by atoms with Crippen molar-refractivity contribution in [2.24, 2.45) is 46.5 Å². The monoisotopic (exact) mass is 992 g/mol. The topological polar surface area (TPSA) is 254 Å². The molecule has 3 unspecified atom stereocenters. The molecule has 15 atom stereocenters. The molecular formula is C51H82N3O14P. The van der Waals surface area contributed by atoms with Gasteiger partial charge in [0.25, 0.3) is 11.7 Å². The number of Topliss-reactive ketones (excluding diaryl/α,β-unsaturated/α-hetero) is 3. The SMILES string of the molecule is CO[C@H]1C[C@@H]2CC[C@@H](C)[C@@](O)(O2)C(=O)C(=O)N2CCCCC2C(=O)OC([C@H](C)CC2CC[C@@H](OP(N)(N)=O)[C@H](OC)C2)CC(=O)[C@H](C)/C=C(\C)[C@@H](O)[C@@H](OC)C(=O)[C@H](C)C[C@H](C)/C=C/C=CC=C1C. The third-order valence-corrected chi connectivity index (χ3v) is 15.4. The molecule has 17 nitrogen and oxygen atoms in total. The maximum absolute atomic E-state index is 14.5. The number of nitrogens with zero attached hydrogens (tertiary/aromatic N) is 1. The Bertz CT molecular complexity index is 1950. The van der Waals surface area contributed by atoms with Gasteiger partial charge in [0.05, 0.1) is 24.4 Å². The van der Waals surface area contributed by atoms with E-state index in [0.717, 1.165) is 5.57 Å². The number of nitrogens with two attached hydrogens (primary N) is 2. The Morgan fingerprint density at radius 3 is 2.23 bits per heavy atom. The fraction of sp³-hybridized carbons (Fsp3) is 0.745.